The van der Waals surface area contributed by atoms with Crippen LogP contribution in [0.3, 0.4) is 0 Å². The maximum Gasteiger partial charge on any atom is 0.328 e. The third kappa shape index (κ3) is 40.2. The molecule has 2 amide bonds. The second-order valence-electron chi connectivity index (χ2n) is 16.6. The van der Waals surface area contributed by atoms with Crippen LogP contribution < -0.4 is 10.6 Å². The topological polar surface area (TPSA) is 142 Å². The van der Waals surface area contributed by atoms with Gasteiger partial charge in [-0.2, -0.15) is 0 Å². The van der Waals surface area contributed by atoms with Crippen molar-refractivity contribution in [2.24, 2.45) is 0 Å². The van der Waals surface area contributed by atoms with Gasteiger partial charge in [0.25, 0.3) is 0 Å². The number of allylic oxidation sites excluding steroid dienone is 1. The third-order valence-electron chi connectivity index (χ3n) is 11.0. The fourth-order valence-electron chi connectivity index (χ4n) is 7.27. The van der Waals surface area contributed by atoms with Crippen LogP contribution in [0.15, 0.2) is 12.2 Å². The van der Waals surface area contributed by atoms with E-state index >= 15 is 0 Å². The van der Waals surface area contributed by atoms with Gasteiger partial charge in [-0.05, 0) is 44.6 Å². The molecule has 0 aliphatic heterocycles. The van der Waals surface area contributed by atoms with Crippen LogP contribution in [0.1, 0.15) is 245 Å². The van der Waals surface area contributed by atoms with E-state index in [9.17, 15) is 19.2 Å². The maximum atomic E-state index is 12.7. The lowest BCUT2D eigenvalue weighted by molar-refractivity contribution is -0.147. The van der Waals surface area contributed by atoms with Crippen LogP contribution in [0.2, 0.25) is 0 Å². The minimum Gasteiger partial charge on any atom is -0.480 e. The first kappa shape index (κ1) is 54.6. The smallest absolute Gasteiger partial charge is 0.328 e. The Hall–Kier alpha value is -2.42. The van der Waals surface area contributed by atoms with Crippen LogP contribution in [0.25, 0.3) is 0 Å². The first-order valence-electron chi connectivity index (χ1n) is 24.1. The molecule has 0 aromatic rings. The molecule has 0 radical (unpaired) electrons. The van der Waals surface area contributed by atoms with Crippen molar-refractivity contribution in [3.63, 3.8) is 0 Å². The molecule has 2 unspecified atom stereocenters. The van der Waals surface area contributed by atoms with E-state index in [1.165, 1.54) is 161 Å². The van der Waals surface area contributed by atoms with Gasteiger partial charge in [0.15, 0.2) is 0 Å². The summed E-state index contributed by atoms with van der Waals surface area (Å²) in [6.45, 7) is 3.46. The van der Waals surface area contributed by atoms with E-state index in [0.29, 0.717) is 12.8 Å². The molecule has 0 bridgehead atoms. The molecule has 0 aliphatic rings. The molecule has 334 valence electrons. The second kappa shape index (κ2) is 43.2. The lowest BCUT2D eigenvalue weighted by atomic mass is 10.0. The summed E-state index contributed by atoms with van der Waals surface area (Å²) in [4.78, 5) is 47.6. The summed E-state index contributed by atoms with van der Waals surface area (Å²) in [6.07, 6.45) is 47.1. The molecule has 0 aromatic carbocycles. The van der Waals surface area contributed by atoms with E-state index in [4.69, 9.17) is 14.9 Å². The molecule has 0 rings (SSSR count). The van der Waals surface area contributed by atoms with Crippen molar-refractivity contribution in [2.45, 2.75) is 257 Å². The Morgan fingerprint density at radius 1 is 0.526 bits per heavy atom. The number of nitrogens with one attached hydrogen (secondary N) is 2. The van der Waals surface area contributed by atoms with E-state index in [2.05, 4.69) is 36.6 Å². The highest BCUT2D eigenvalue weighted by Crippen LogP contribution is 2.17. The summed E-state index contributed by atoms with van der Waals surface area (Å²) in [6, 6.07) is -1.39. The minimum absolute atomic E-state index is 0.106. The number of hydrogen-bond acceptors (Lipinski definition) is 6. The molecule has 0 heterocycles. The summed E-state index contributed by atoms with van der Waals surface area (Å²) in [7, 11) is 0. The molecular formula is C48H90N2O7. The fraction of sp³-hybridized carbons (Fsp3) is 0.875. The minimum atomic E-state index is -1.39. The Balaban J connectivity index is 4.00. The van der Waals surface area contributed by atoms with Crippen LogP contribution in [0.4, 0.5) is 0 Å². The number of carboxylic acids is 1. The van der Waals surface area contributed by atoms with Crippen LogP contribution in [0.5, 0.6) is 0 Å². The molecule has 0 spiro atoms. The molecule has 0 saturated carbocycles. The van der Waals surface area contributed by atoms with Gasteiger partial charge in [0.05, 0.1) is 13.2 Å². The molecular weight excluding hydrogens is 717 g/mol. The van der Waals surface area contributed by atoms with E-state index < -0.39 is 24.5 Å². The zero-order valence-corrected chi connectivity index (χ0v) is 37.1. The monoisotopic (exact) mass is 807 g/mol. The van der Waals surface area contributed by atoms with Crippen molar-refractivity contribution >= 4 is 23.8 Å². The number of carboxylic acid groups (broad SMARTS) is 1. The van der Waals surface area contributed by atoms with Crippen LogP contribution in [0, 0.1) is 0 Å². The number of unbranched alkanes of at least 4 members (excludes halogenated alkanes) is 30. The maximum absolute atomic E-state index is 12.7. The van der Waals surface area contributed by atoms with E-state index in [-0.39, 0.29) is 30.9 Å². The predicted molar refractivity (Wildman–Crippen MR) is 236 cm³/mol. The van der Waals surface area contributed by atoms with Crippen LogP contribution >= 0.6 is 0 Å². The molecule has 9 heteroatoms. The summed E-state index contributed by atoms with van der Waals surface area (Å²) >= 11 is 0. The Morgan fingerprint density at radius 3 is 1.37 bits per heavy atom. The van der Waals surface area contributed by atoms with Gasteiger partial charge in [0.2, 0.25) is 11.8 Å². The molecule has 9 nitrogen and oxygen atoms in total. The number of esters is 1. The standard InChI is InChI=1S/C48H90N2O7/c1-3-5-7-9-11-12-13-14-15-16-17-18-19-20-21-22-23-24-25-26-28-30-36-40-47(54)57-43(37-33-29-27-10-8-6-4-2)38-34-31-32-35-39-45(52)49-41-46(53)50-44(42-51)48(55)56/h33,37,43-44,51H,3-32,34-36,38-42H2,1-2H3,(H,49,52)(H,50,53)(H,55,56)/b37-33-. The Kier molecular flexibility index (Phi) is 41.3. The highest BCUT2D eigenvalue weighted by Gasteiger charge is 2.19. The number of aliphatic carboxylic acids is 1. The Morgan fingerprint density at radius 2 is 0.930 bits per heavy atom. The lowest BCUT2D eigenvalue weighted by Crippen LogP contribution is -2.47. The normalized spacial score (nSPS) is 12.5. The largest absolute Gasteiger partial charge is 0.480 e. The van der Waals surface area contributed by atoms with Crippen LogP contribution in [-0.2, 0) is 23.9 Å². The number of rotatable bonds is 44. The highest BCUT2D eigenvalue weighted by molar-refractivity contribution is 5.87. The van der Waals surface area contributed by atoms with Crippen molar-refractivity contribution < 1.29 is 34.1 Å². The summed E-state index contributed by atoms with van der Waals surface area (Å²) in [5, 5.41) is 22.6. The number of carbonyl (C=O) groups excluding carboxylic acids is 3. The number of hydrogen-bond donors (Lipinski definition) is 4. The van der Waals surface area contributed by atoms with Crippen molar-refractivity contribution in [1.82, 2.24) is 10.6 Å². The summed E-state index contributed by atoms with van der Waals surface area (Å²) < 4.78 is 5.91. The van der Waals surface area contributed by atoms with Gasteiger partial charge < -0.3 is 25.6 Å². The van der Waals surface area contributed by atoms with Gasteiger partial charge in [-0.15, -0.1) is 0 Å². The average molecular weight is 807 g/mol. The lowest BCUT2D eigenvalue weighted by Gasteiger charge is -2.15. The molecule has 57 heavy (non-hydrogen) atoms. The zero-order chi connectivity index (χ0) is 41.9. The fourth-order valence-corrected chi connectivity index (χ4v) is 7.27. The highest BCUT2D eigenvalue weighted by atomic mass is 16.5. The number of aliphatic hydroxyl groups excluding tert-OH is 1. The van der Waals surface area contributed by atoms with Gasteiger partial charge in [-0.3, -0.25) is 14.4 Å². The van der Waals surface area contributed by atoms with Gasteiger partial charge in [-0.25, -0.2) is 4.79 Å². The van der Waals surface area contributed by atoms with Gasteiger partial charge in [0, 0.05) is 12.8 Å². The van der Waals surface area contributed by atoms with Crippen molar-refractivity contribution in [1.29, 1.82) is 0 Å². The summed E-state index contributed by atoms with van der Waals surface area (Å²) in [5.41, 5.74) is 0. The predicted octanol–water partition coefficient (Wildman–Crippen LogP) is 12.2. The SMILES string of the molecule is CCCCCCC/C=C\C(CCCCCCC(=O)NCC(=O)NC(CO)C(=O)O)OC(=O)CCCCCCCCCCCCCCCCCCCCCCCCC. The number of ether oxygens (including phenoxy) is 1. The van der Waals surface area contributed by atoms with Crippen molar-refractivity contribution in [3.8, 4) is 0 Å². The molecule has 0 aromatic heterocycles. The first-order chi connectivity index (χ1) is 27.8. The zero-order valence-electron chi connectivity index (χ0n) is 37.1. The van der Waals surface area contributed by atoms with E-state index in [1.807, 2.05) is 0 Å². The Labute approximate surface area is 350 Å². The first-order valence-corrected chi connectivity index (χ1v) is 24.1. The van der Waals surface area contributed by atoms with Gasteiger partial charge >= 0.3 is 11.9 Å². The second-order valence-corrected chi connectivity index (χ2v) is 16.6. The van der Waals surface area contributed by atoms with E-state index in [1.54, 1.807) is 0 Å². The van der Waals surface area contributed by atoms with E-state index in [0.717, 1.165) is 51.4 Å². The summed E-state index contributed by atoms with van der Waals surface area (Å²) in [5.74, 6) is -2.38. The molecule has 0 aliphatic carbocycles. The number of amides is 2. The third-order valence-corrected chi connectivity index (χ3v) is 11.0. The quantitative estimate of drug-likeness (QED) is 0.0273. The Bertz CT molecular complexity index is 972. The molecule has 4 N–H and O–H groups in total. The number of aliphatic hydroxyl groups is 1. The number of carbonyl (C=O) groups is 4. The van der Waals surface area contributed by atoms with Crippen LogP contribution in [-0.4, -0.2) is 59.3 Å². The van der Waals surface area contributed by atoms with Crippen molar-refractivity contribution in [2.75, 3.05) is 13.2 Å². The van der Waals surface area contributed by atoms with Gasteiger partial charge in [-0.1, -0.05) is 200 Å². The molecule has 2 atom stereocenters. The van der Waals surface area contributed by atoms with Crippen molar-refractivity contribution in [3.05, 3.63) is 12.2 Å². The average Bonchev–Trinajstić information content (AvgIpc) is 3.20. The molecule has 0 fully saturated rings. The van der Waals surface area contributed by atoms with Gasteiger partial charge in [0.1, 0.15) is 12.1 Å². The molecule has 0 saturated heterocycles.